The van der Waals surface area contributed by atoms with E-state index in [1.807, 2.05) is 0 Å². The SMILES string of the molecule is COCC(=O)NCCNC(C)C. The molecule has 0 aromatic heterocycles. The molecule has 2 N–H and O–H groups in total. The van der Waals surface area contributed by atoms with Crippen molar-refractivity contribution in [2.45, 2.75) is 19.9 Å². The van der Waals surface area contributed by atoms with Gasteiger partial charge in [0.15, 0.2) is 0 Å². The topological polar surface area (TPSA) is 50.4 Å². The lowest BCUT2D eigenvalue weighted by Crippen LogP contribution is -2.36. The molecule has 72 valence electrons. The van der Waals surface area contributed by atoms with E-state index in [9.17, 15) is 4.79 Å². The highest BCUT2D eigenvalue weighted by molar-refractivity contribution is 5.77. The number of nitrogens with one attached hydrogen (secondary N) is 2. The van der Waals surface area contributed by atoms with Crippen LogP contribution in [0.3, 0.4) is 0 Å². The van der Waals surface area contributed by atoms with E-state index in [0.29, 0.717) is 12.6 Å². The second kappa shape index (κ2) is 7.06. The van der Waals surface area contributed by atoms with Crippen molar-refractivity contribution < 1.29 is 9.53 Å². The van der Waals surface area contributed by atoms with Gasteiger partial charge in [-0.2, -0.15) is 0 Å². The Balaban J connectivity index is 3.14. The Morgan fingerprint density at radius 3 is 2.58 bits per heavy atom. The minimum Gasteiger partial charge on any atom is -0.375 e. The fourth-order valence-electron chi connectivity index (χ4n) is 0.745. The number of carbonyl (C=O) groups is 1. The van der Waals surface area contributed by atoms with Gasteiger partial charge in [0.05, 0.1) is 0 Å². The molecule has 0 saturated heterocycles. The number of amides is 1. The van der Waals surface area contributed by atoms with Gasteiger partial charge in [0.2, 0.25) is 5.91 Å². The highest BCUT2D eigenvalue weighted by atomic mass is 16.5. The summed E-state index contributed by atoms with van der Waals surface area (Å²) < 4.78 is 4.65. The van der Waals surface area contributed by atoms with Crippen LogP contribution in [-0.2, 0) is 9.53 Å². The normalized spacial score (nSPS) is 10.3. The van der Waals surface area contributed by atoms with E-state index in [-0.39, 0.29) is 12.5 Å². The molecule has 0 rings (SSSR count). The maximum absolute atomic E-state index is 10.8. The molecular formula is C8H18N2O2. The quantitative estimate of drug-likeness (QED) is 0.546. The lowest BCUT2D eigenvalue weighted by molar-refractivity contribution is -0.124. The molecule has 0 aromatic rings. The second-order valence-corrected chi connectivity index (χ2v) is 2.89. The van der Waals surface area contributed by atoms with Gasteiger partial charge in [0.25, 0.3) is 0 Å². The van der Waals surface area contributed by atoms with Crippen LogP contribution in [0.4, 0.5) is 0 Å². The summed E-state index contributed by atoms with van der Waals surface area (Å²) in [5, 5.41) is 5.90. The summed E-state index contributed by atoms with van der Waals surface area (Å²) in [6.45, 7) is 5.73. The zero-order valence-electron chi connectivity index (χ0n) is 8.02. The third-order valence-electron chi connectivity index (χ3n) is 1.28. The number of ether oxygens (including phenoxy) is 1. The fraction of sp³-hybridized carbons (Fsp3) is 0.875. The highest BCUT2D eigenvalue weighted by Gasteiger charge is 1.97. The van der Waals surface area contributed by atoms with Crippen molar-refractivity contribution in [2.75, 3.05) is 26.8 Å². The van der Waals surface area contributed by atoms with Crippen molar-refractivity contribution >= 4 is 5.91 Å². The molecule has 0 aromatic carbocycles. The first kappa shape index (κ1) is 11.4. The van der Waals surface area contributed by atoms with Gasteiger partial charge in [-0.3, -0.25) is 4.79 Å². The summed E-state index contributed by atoms with van der Waals surface area (Å²) >= 11 is 0. The molecule has 4 heteroatoms. The van der Waals surface area contributed by atoms with Gasteiger partial charge in [-0.15, -0.1) is 0 Å². The van der Waals surface area contributed by atoms with Gasteiger partial charge in [0.1, 0.15) is 6.61 Å². The minimum atomic E-state index is -0.0666. The molecule has 1 amide bonds. The summed E-state index contributed by atoms with van der Waals surface area (Å²) in [6.07, 6.45) is 0. The average molecular weight is 174 g/mol. The maximum Gasteiger partial charge on any atom is 0.246 e. The summed E-state index contributed by atoms with van der Waals surface area (Å²) in [4.78, 5) is 10.8. The molecule has 0 aliphatic heterocycles. The number of hydrogen-bond acceptors (Lipinski definition) is 3. The van der Waals surface area contributed by atoms with Crippen molar-refractivity contribution in [2.24, 2.45) is 0 Å². The van der Waals surface area contributed by atoms with E-state index in [0.717, 1.165) is 6.54 Å². The van der Waals surface area contributed by atoms with E-state index in [1.165, 1.54) is 7.11 Å². The molecule has 0 unspecified atom stereocenters. The predicted octanol–water partition coefficient (Wildman–Crippen LogP) is -0.253. The zero-order chi connectivity index (χ0) is 9.40. The number of hydrogen-bond donors (Lipinski definition) is 2. The van der Waals surface area contributed by atoms with E-state index in [4.69, 9.17) is 0 Å². The molecule has 4 nitrogen and oxygen atoms in total. The molecular weight excluding hydrogens is 156 g/mol. The van der Waals surface area contributed by atoms with E-state index >= 15 is 0 Å². The number of methoxy groups -OCH3 is 1. The maximum atomic E-state index is 10.8. The van der Waals surface area contributed by atoms with Gasteiger partial charge >= 0.3 is 0 Å². The summed E-state index contributed by atoms with van der Waals surface area (Å²) in [6, 6.07) is 0.462. The van der Waals surface area contributed by atoms with Gasteiger partial charge in [-0.05, 0) is 0 Å². The molecule has 0 heterocycles. The molecule has 0 radical (unpaired) electrons. The second-order valence-electron chi connectivity index (χ2n) is 2.89. The van der Waals surface area contributed by atoms with Crippen LogP contribution in [0.2, 0.25) is 0 Å². The van der Waals surface area contributed by atoms with Crippen LogP contribution in [0, 0.1) is 0 Å². The van der Waals surface area contributed by atoms with Gasteiger partial charge < -0.3 is 15.4 Å². The van der Waals surface area contributed by atoms with E-state index in [1.54, 1.807) is 0 Å². The van der Waals surface area contributed by atoms with E-state index < -0.39 is 0 Å². The van der Waals surface area contributed by atoms with Crippen molar-refractivity contribution in [1.82, 2.24) is 10.6 Å². The van der Waals surface area contributed by atoms with Crippen LogP contribution in [0.5, 0.6) is 0 Å². The van der Waals surface area contributed by atoms with Crippen LogP contribution in [-0.4, -0.2) is 38.8 Å². The summed E-state index contributed by atoms with van der Waals surface area (Å²) in [5.41, 5.74) is 0. The van der Waals surface area contributed by atoms with E-state index in [2.05, 4.69) is 29.2 Å². The Morgan fingerprint density at radius 1 is 1.42 bits per heavy atom. The Bertz CT molecular complexity index is 126. The average Bonchev–Trinajstić information content (AvgIpc) is 1.98. The third-order valence-corrected chi connectivity index (χ3v) is 1.28. The molecule has 0 atom stereocenters. The predicted molar refractivity (Wildman–Crippen MR) is 48.0 cm³/mol. The van der Waals surface area contributed by atoms with Crippen molar-refractivity contribution in [3.63, 3.8) is 0 Å². The first-order chi connectivity index (χ1) is 5.66. The summed E-state index contributed by atoms with van der Waals surface area (Å²) in [7, 11) is 1.51. The minimum absolute atomic E-state index is 0.0666. The van der Waals surface area contributed by atoms with Gasteiger partial charge in [-0.25, -0.2) is 0 Å². The van der Waals surface area contributed by atoms with Gasteiger partial charge in [0, 0.05) is 26.2 Å². The van der Waals surface area contributed by atoms with Crippen LogP contribution in [0.1, 0.15) is 13.8 Å². The monoisotopic (exact) mass is 174 g/mol. The molecule has 0 saturated carbocycles. The van der Waals surface area contributed by atoms with Crippen molar-refractivity contribution in [3.05, 3.63) is 0 Å². The first-order valence-corrected chi connectivity index (χ1v) is 4.16. The van der Waals surface area contributed by atoms with Crippen LogP contribution >= 0.6 is 0 Å². The van der Waals surface area contributed by atoms with Crippen LogP contribution < -0.4 is 10.6 Å². The zero-order valence-corrected chi connectivity index (χ0v) is 8.02. The lowest BCUT2D eigenvalue weighted by atomic mass is 10.4. The fourth-order valence-corrected chi connectivity index (χ4v) is 0.745. The van der Waals surface area contributed by atoms with Gasteiger partial charge in [-0.1, -0.05) is 13.8 Å². The standard InChI is InChI=1S/C8H18N2O2/c1-7(2)9-4-5-10-8(11)6-12-3/h7,9H,4-6H2,1-3H3,(H,10,11). The Morgan fingerprint density at radius 2 is 2.08 bits per heavy atom. The van der Waals surface area contributed by atoms with Crippen molar-refractivity contribution in [3.8, 4) is 0 Å². The number of carbonyl (C=O) groups excluding carboxylic acids is 1. The van der Waals surface area contributed by atoms with Crippen molar-refractivity contribution in [1.29, 1.82) is 0 Å². The highest BCUT2D eigenvalue weighted by Crippen LogP contribution is 1.73. The lowest BCUT2D eigenvalue weighted by Gasteiger charge is -2.08. The molecule has 0 aliphatic rings. The molecule has 0 aliphatic carbocycles. The number of rotatable bonds is 6. The third kappa shape index (κ3) is 7.50. The first-order valence-electron chi connectivity index (χ1n) is 4.16. The Hall–Kier alpha value is -0.610. The largest absolute Gasteiger partial charge is 0.375 e. The molecule has 0 spiro atoms. The summed E-state index contributed by atoms with van der Waals surface area (Å²) in [5.74, 6) is -0.0666. The Kier molecular flexibility index (Phi) is 6.70. The van der Waals surface area contributed by atoms with Crippen LogP contribution in [0.25, 0.3) is 0 Å². The van der Waals surface area contributed by atoms with Crippen LogP contribution in [0.15, 0.2) is 0 Å². The smallest absolute Gasteiger partial charge is 0.246 e. The Labute approximate surface area is 73.7 Å². The molecule has 12 heavy (non-hydrogen) atoms. The molecule has 0 bridgehead atoms. The molecule has 0 fully saturated rings.